The van der Waals surface area contributed by atoms with Crippen molar-refractivity contribution in [3.63, 3.8) is 0 Å². The molecule has 202 valence electrons. The predicted octanol–water partition coefficient (Wildman–Crippen LogP) is 7.26. The highest BCUT2D eigenvalue weighted by atomic mass is 16.7. The summed E-state index contributed by atoms with van der Waals surface area (Å²) in [6.07, 6.45) is 2.16. The Bertz CT molecular complexity index is 1410. The first-order valence-corrected chi connectivity index (χ1v) is 12.5. The fourth-order valence-electron chi connectivity index (χ4n) is 3.85. The third-order valence-corrected chi connectivity index (χ3v) is 5.85. The standard InChI is InChI=1S/C33H29NO6/c1-4-32(35)39-22-37-30-10-6-8-28(20-30)34(29-9-7-11-31(21-29)38-23-40-33(36)5-2)27-18-16-26(17-19-27)25-14-12-24(3)13-15-25/h4-21H,1-2,22-23H2,3H3. The number of nitrogens with zero attached hydrogens (tertiary/aromatic N) is 1. The van der Waals surface area contributed by atoms with E-state index in [0.29, 0.717) is 11.5 Å². The van der Waals surface area contributed by atoms with Gasteiger partial charge < -0.3 is 23.8 Å². The summed E-state index contributed by atoms with van der Waals surface area (Å²) < 4.78 is 21.2. The molecular weight excluding hydrogens is 506 g/mol. The van der Waals surface area contributed by atoms with Crippen molar-refractivity contribution >= 4 is 29.0 Å². The van der Waals surface area contributed by atoms with Crippen LogP contribution >= 0.6 is 0 Å². The summed E-state index contributed by atoms with van der Waals surface area (Å²) in [5.41, 5.74) is 5.90. The maximum absolute atomic E-state index is 11.4. The van der Waals surface area contributed by atoms with E-state index < -0.39 is 11.9 Å². The van der Waals surface area contributed by atoms with Crippen LogP contribution in [0.4, 0.5) is 17.1 Å². The molecule has 4 rings (SSSR count). The Morgan fingerprint density at radius 1 is 0.650 bits per heavy atom. The molecule has 7 nitrogen and oxygen atoms in total. The number of ether oxygens (including phenoxy) is 4. The van der Waals surface area contributed by atoms with E-state index >= 15 is 0 Å². The third kappa shape index (κ3) is 7.39. The molecular formula is C33H29NO6. The predicted molar refractivity (Wildman–Crippen MR) is 155 cm³/mol. The summed E-state index contributed by atoms with van der Waals surface area (Å²) in [5.74, 6) is -0.108. The molecule has 0 aliphatic carbocycles. The quantitative estimate of drug-likeness (QED) is 0.107. The molecule has 0 amide bonds. The van der Waals surface area contributed by atoms with Crippen LogP contribution in [0.2, 0.25) is 0 Å². The van der Waals surface area contributed by atoms with Crippen LogP contribution in [0.5, 0.6) is 11.5 Å². The molecule has 4 aromatic rings. The Hall–Kier alpha value is -5.30. The molecule has 0 N–H and O–H groups in total. The van der Waals surface area contributed by atoms with Gasteiger partial charge in [0.1, 0.15) is 11.5 Å². The van der Waals surface area contributed by atoms with Gasteiger partial charge in [0.25, 0.3) is 0 Å². The van der Waals surface area contributed by atoms with Crippen molar-refractivity contribution in [2.45, 2.75) is 6.92 Å². The topological polar surface area (TPSA) is 74.3 Å². The average Bonchev–Trinajstić information content (AvgIpc) is 2.98. The van der Waals surface area contributed by atoms with E-state index in [-0.39, 0.29) is 13.6 Å². The van der Waals surface area contributed by atoms with Gasteiger partial charge >= 0.3 is 11.9 Å². The smallest absolute Gasteiger partial charge is 0.333 e. The lowest BCUT2D eigenvalue weighted by atomic mass is 10.0. The van der Waals surface area contributed by atoms with Crippen LogP contribution in [0.15, 0.2) is 122 Å². The summed E-state index contributed by atoms with van der Waals surface area (Å²) in [7, 11) is 0. The summed E-state index contributed by atoms with van der Waals surface area (Å²) in [6, 6.07) is 31.4. The van der Waals surface area contributed by atoms with E-state index in [4.69, 9.17) is 18.9 Å². The van der Waals surface area contributed by atoms with Crippen molar-refractivity contribution in [2.75, 3.05) is 18.5 Å². The van der Waals surface area contributed by atoms with Gasteiger partial charge in [-0.15, -0.1) is 0 Å². The lowest BCUT2D eigenvalue weighted by molar-refractivity contribution is -0.145. The molecule has 0 spiro atoms. The minimum atomic E-state index is -0.568. The first-order chi connectivity index (χ1) is 19.5. The fraction of sp³-hybridized carbons (Fsp3) is 0.0909. The first kappa shape index (κ1) is 27.7. The van der Waals surface area contributed by atoms with Crippen molar-refractivity contribution in [1.29, 1.82) is 0 Å². The van der Waals surface area contributed by atoms with E-state index in [9.17, 15) is 9.59 Å². The number of esters is 2. The Balaban J connectivity index is 1.66. The van der Waals surface area contributed by atoms with Gasteiger partial charge in [0.15, 0.2) is 0 Å². The van der Waals surface area contributed by atoms with Gasteiger partial charge in [-0.3, -0.25) is 0 Å². The Morgan fingerprint density at radius 2 is 1.10 bits per heavy atom. The van der Waals surface area contributed by atoms with Crippen molar-refractivity contribution in [3.05, 3.63) is 128 Å². The second-order valence-electron chi connectivity index (χ2n) is 8.60. The van der Waals surface area contributed by atoms with Gasteiger partial charge in [0.05, 0.1) is 0 Å². The van der Waals surface area contributed by atoms with Crippen LogP contribution in [-0.4, -0.2) is 25.5 Å². The lowest BCUT2D eigenvalue weighted by Gasteiger charge is -2.26. The molecule has 0 aliphatic rings. The SMILES string of the molecule is C=CC(=O)OCOc1cccc(N(c2ccc(-c3ccc(C)cc3)cc2)c2cccc(OCOC(=O)C=C)c2)c1. The molecule has 0 aromatic heterocycles. The van der Waals surface area contributed by atoms with Crippen LogP contribution in [0.3, 0.4) is 0 Å². The zero-order chi connectivity index (χ0) is 28.3. The molecule has 0 saturated heterocycles. The molecule has 0 bridgehead atoms. The molecule has 7 heteroatoms. The monoisotopic (exact) mass is 535 g/mol. The second kappa shape index (κ2) is 13.5. The number of benzene rings is 4. The van der Waals surface area contributed by atoms with Gasteiger partial charge in [-0.05, 0) is 54.4 Å². The second-order valence-corrected chi connectivity index (χ2v) is 8.60. The van der Waals surface area contributed by atoms with Crippen LogP contribution in [0, 0.1) is 6.92 Å². The third-order valence-electron chi connectivity index (χ3n) is 5.85. The zero-order valence-corrected chi connectivity index (χ0v) is 22.1. The maximum Gasteiger partial charge on any atom is 0.333 e. The number of hydrogen-bond donors (Lipinski definition) is 0. The maximum atomic E-state index is 11.4. The van der Waals surface area contributed by atoms with Gasteiger partial charge in [-0.25, -0.2) is 9.59 Å². The Morgan fingerprint density at radius 3 is 1.55 bits per heavy atom. The van der Waals surface area contributed by atoms with E-state index in [1.807, 2.05) is 53.4 Å². The highest BCUT2D eigenvalue weighted by Gasteiger charge is 2.15. The number of rotatable bonds is 12. The molecule has 0 heterocycles. The van der Waals surface area contributed by atoms with Crippen molar-refractivity contribution < 1.29 is 28.5 Å². The van der Waals surface area contributed by atoms with E-state index in [2.05, 4.69) is 56.5 Å². The molecule has 0 aliphatic heterocycles. The largest absolute Gasteiger partial charge is 0.457 e. The Kier molecular flexibility index (Phi) is 9.35. The van der Waals surface area contributed by atoms with Crippen molar-refractivity contribution in [1.82, 2.24) is 0 Å². The van der Waals surface area contributed by atoms with E-state index in [1.165, 1.54) is 5.56 Å². The number of carbonyl (C=O) groups excluding carboxylic acids is 2. The molecule has 0 radical (unpaired) electrons. The van der Waals surface area contributed by atoms with Crippen LogP contribution in [-0.2, 0) is 19.1 Å². The van der Waals surface area contributed by atoms with Crippen LogP contribution in [0.25, 0.3) is 11.1 Å². The number of carbonyl (C=O) groups is 2. The van der Waals surface area contributed by atoms with Gasteiger partial charge in [0, 0.05) is 41.3 Å². The normalized spacial score (nSPS) is 10.2. The number of hydrogen-bond acceptors (Lipinski definition) is 7. The summed E-state index contributed by atoms with van der Waals surface area (Å²) >= 11 is 0. The minimum Gasteiger partial charge on any atom is -0.457 e. The van der Waals surface area contributed by atoms with E-state index in [0.717, 1.165) is 40.3 Å². The van der Waals surface area contributed by atoms with E-state index in [1.54, 1.807) is 12.1 Å². The summed E-state index contributed by atoms with van der Waals surface area (Å²) in [5, 5.41) is 0. The molecule has 4 aromatic carbocycles. The zero-order valence-electron chi connectivity index (χ0n) is 22.1. The summed E-state index contributed by atoms with van der Waals surface area (Å²) in [4.78, 5) is 24.8. The number of aryl methyl sites for hydroxylation is 1. The Labute approximate surface area is 233 Å². The lowest BCUT2D eigenvalue weighted by Crippen LogP contribution is -2.12. The average molecular weight is 536 g/mol. The number of anilines is 3. The van der Waals surface area contributed by atoms with Gasteiger partial charge in [-0.2, -0.15) is 0 Å². The molecule has 0 fully saturated rings. The highest BCUT2D eigenvalue weighted by Crippen LogP contribution is 2.38. The highest BCUT2D eigenvalue weighted by molar-refractivity contribution is 5.82. The van der Waals surface area contributed by atoms with Crippen molar-refractivity contribution in [3.8, 4) is 22.6 Å². The van der Waals surface area contributed by atoms with Crippen LogP contribution < -0.4 is 14.4 Å². The fourth-order valence-corrected chi connectivity index (χ4v) is 3.85. The summed E-state index contributed by atoms with van der Waals surface area (Å²) in [6.45, 7) is 8.34. The van der Waals surface area contributed by atoms with Crippen molar-refractivity contribution in [2.24, 2.45) is 0 Å². The first-order valence-electron chi connectivity index (χ1n) is 12.5. The van der Waals surface area contributed by atoms with Crippen LogP contribution in [0.1, 0.15) is 5.56 Å². The minimum absolute atomic E-state index is 0.244. The molecule has 0 unspecified atom stereocenters. The van der Waals surface area contributed by atoms with Gasteiger partial charge in [-0.1, -0.05) is 67.3 Å². The molecule has 0 saturated carbocycles. The van der Waals surface area contributed by atoms with Gasteiger partial charge in [0.2, 0.25) is 13.6 Å². The molecule has 0 atom stereocenters. The molecule has 40 heavy (non-hydrogen) atoms.